The molecule has 0 aliphatic carbocycles. The molecule has 1 unspecified atom stereocenters. The summed E-state index contributed by atoms with van der Waals surface area (Å²) < 4.78 is 13.6. The maximum atomic E-state index is 6.03. The van der Waals surface area contributed by atoms with Crippen molar-refractivity contribution in [3.05, 3.63) is 40.7 Å². The first-order valence-electron chi connectivity index (χ1n) is 5.60. The first-order valence-corrected chi connectivity index (χ1v) is 6.71. The van der Waals surface area contributed by atoms with Gasteiger partial charge in [-0.3, -0.25) is 0 Å². The van der Waals surface area contributed by atoms with Crippen LogP contribution in [0.25, 0.3) is 0 Å². The average molecular weight is 284 g/mol. The van der Waals surface area contributed by atoms with E-state index in [-0.39, 0.29) is 6.04 Å². The van der Waals surface area contributed by atoms with Gasteiger partial charge in [0.1, 0.15) is 5.75 Å². The molecule has 18 heavy (non-hydrogen) atoms. The van der Waals surface area contributed by atoms with Crippen LogP contribution >= 0.6 is 23.3 Å². The van der Waals surface area contributed by atoms with Gasteiger partial charge in [-0.2, -0.15) is 8.75 Å². The lowest BCUT2D eigenvalue weighted by Crippen LogP contribution is -2.22. The van der Waals surface area contributed by atoms with Crippen LogP contribution in [0, 0.1) is 0 Å². The Labute approximate surface area is 115 Å². The molecule has 0 radical (unpaired) electrons. The quantitative estimate of drug-likeness (QED) is 0.916. The maximum absolute atomic E-state index is 6.03. The molecule has 0 spiro atoms. The SMILES string of the molecule is CCNC(c1ccc(Cl)c(OC)c1)c1cnsn1. The molecule has 0 bridgehead atoms. The summed E-state index contributed by atoms with van der Waals surface area (Å²) in [4.78, 5) is 0. The summed E-state index contributed by atoms with van der Waals surface area (Å²) in [5.41, 5.74) is 1.97. The van der Waals surface area contributed by atoms with Crippen molar-refractivity contribution < 1.29 is 4.74 Å². The molecule has 0 saturated carbocycles. The van der Waals surface area contributed by atoms with E-state index in [1.54, 1.807) is 13.3 Å². The van der Waals surface area contributed by atoms with Crippen molar-refractivity contribution in [2.45, 2.75) is 13.0 Å². The van der Waals surface area contributed by atoms with E-state index in [1.807, 2.05) is 18.2 Å². The van der Waals surface area contributed by atoms with Crippen LogP contribution in [0.3, 0.4) is 0 Å². The molecule has 96 valence electrons. The molecule has 0 fully saturated rings. The van der Waals surface area contributed by atoms with Gasteiger partial charge in [0.25, 0.3) is 0 Å². The fraction of sp³-hybridized carbons (Fsp3) is 0.333. The molecular weight excluding hydrogens is 270 g/mol. The van der Waals surface area contributed by atoms with Crippen LogP contribution in [0.2, 0.25) is 5.02 Å². The standard InChI is InChI=1S/C12H14ClN3OS/c1-3-14-12(10-7-15-18-16-10)8-4-5-9(13)11(6-8)17-2/h4-7,12,14H,3H2,1-2H3. The number of halogens is 1. The van der Waals surface area contributed by atoms with E-state index in [9.17, 15) is 0 Å². The zero-order chi connectivity index (χ0) is 13.0. The topological polar surface area (TPSA) is 47.0 Å². The number of aromatic nitrogens is 2. The molecule has 6 heteroatoms. The van der Waals surface area contributed by atoms with Gasteiger partial charge >= 0.3 is 0 Å². The second-order valence-corrected chi connectivity index (χ2v) is 4.68. The van der Waals surface area contributed by atoms with E-state index < -0.39 is 0 Å². The van der Waals surface area contributed by atoms with Gasteiger partial charge in [0.2, 0.25) is 0 Å². The largest absolute Gasteiger partial charge is 0.495 e. The van der Waals surface area contributed by atoms with Crippen LogP contribution in [-0.4, -0.2) is 22.4 Å². The number of ether oxygens (including phenoxy) is 1. The van der Waals surface area contributed by atoms with Crippen molar-refractivity contribution >= 4 is 23.3 Å². The Morgan fingerprint density at radius 2 is 2.33 bits per heavy atom. The number of nitrogens with zero attached hydrogens (tertiary/aromatic N) is 2. The number of rotatable bonds is 5. The van der Waals surface area contributed by atoms with Gasteiger partial charge in [-0.25, -0.2) is 0 Å². The molecule has 0 saturated heterocycles. The van der Waals surface area contributed by atoms with Gasteiger partial charge < -0.3 is 10.1 Å². The average Bonchev–Trinajstić information content (AvgIpc) is 2.90. The highest BCUT2D eigenvalue weighted by molar-refractivity contribution is 6.99. The summed E-state index contributed by atoms with van der Waals surface area (Å²) in [7, 11) is 1.61. The highest BCUT2D eigenvalue weighted by atomic mass is 35.5. The minimum absolute atomic E-state index is 0.0138. The first kappa shape index (κ1) is 13.3. The van der Waals surface area contributed by atoms with E-state index in [0.29, 0.717) is 10.8 Å². The fourth-order valence-electron chi connectivity index (χ4n) is 1.75. The van der Waals surface area contributed by atoms with Crippen LogP contribution in [0.15, 0.2) is 24.4 Å². The van der Waals surface area contributed by atoms with Crippen molar-refractivity contribution in [1.29, 1.82) is 0 Å². The third kappa shape index (κ3) is 2.80. The number of benzene rings is 1. The van der Waals surface area contributed by atoms with Gasteiger partial charge in [-0.05, 0) is 24.2 Å². The molecule has 1 aromatic heterocycles. The molecule has 4 nitrogen and oxygen atoms in total. The Kier molecular flexibility index (Phi) is 4.52. The Morgan fingerprint density at radius 1 is 1.50 bits per heavy atom. The predicted octanol–water partition coefficient (Wildman–Crippen LogP) is 2.90. The summed E-state index contributed by atoms with van der Waals surface area (Å²) in [6.07, 6.45) is 1.78. The van der Waals surface area contributed by atoms with Crippen molar-refractivity contribution in [1.82, 2.24) is 14.1 Å². The van der Waals surface area contributed by atoms with Gasteiger partial charge in [0, 0.05) is 0 Å². The van der Waals surface area contributed by atoms with Crippen molar-refractivity contribution in [3.63, 3.8) is 0 Å². The van der Waals surface area contributed by atoms with E-state index in [2.05, 4.69) is 21.0 Å². The zero-order valence-electron chi connectivity index (χ0n) is 10.2. The lowest BCUT2D eigenvalue weighted by atomic mass is 10.0. The molecule has 2 aromatic rings. The zero-order valence-corrected chi connectivity index (χ0v) is 11.8. The number of hydrogen-bond donors (Lipinski definition) is 1. The highest BCUT2D eigenvalue weighted by Crippen LogP contribution is 2.29. The van der Waals surface area contributed by atoms with Crippen LogP contribution in [0.5, 0.6) is 5.75 Å². The summed E-state index contributed by atoms with van der Waals surface area (Å²) in [5.74, 6) is 0.667. The summed E-state index contributed by atoms with van der Waals surface area (Å²) in [5, 5.41) is 3.98. The van der Waals surface area contributed by atoms with Crippen molar-refractivity contribution in [3.8, 4) is 5.75 Å². The Balaban J connectivity index is 2.36. The molecule has 1 N–H and O–H groups in total. The highest BCUT2D eigenvalue weighted by Gasteiger charge is 2.17. The number of hydrogen-bond acceptors (Lipinski definition) is 5. The van der Waals surface area contributed by atoms with Crippen LogP contribution in [-0.2, 0) is 0 Å². The van der Waals surface area contributed by atoms with E-state index in [4.69, 9.17) is 16.3 Å². The summed E-state index contributed by atoms with van der Waals surface area (Å²) in [6, 6.07) is 5.74. The van der Waals surface area contributed by atoms with Gasteiger partial charge in [-0.1, -0.05) is 24.6 Å². The molecule has 1 aromatic carbocycles. The Hall–Kier alpha value is -1.17. The molecule has 1 heterocycles. The minimum atomic E-state index is 0.0138. The minimum Gasteiger partial charge on any atom is -0.495 e. The molecule has 0 amide bonds. The summed E-state index contributed by atoms with van der Waals surface area (Å²) >= 11 is 7.24. The lowest BCUT2D eigenvalue weighted by Gasteiger charge is -2.17. The summed E-state index contributed by atoms with van der Waals surface area (Å²) in [6.45, 7) is 2.90. The third-order valence-electron chi connectivity index (χ3n) is 2.59. The van der Waals surface area contributed by atoms with Crippen molar-refractivity contribution in [2.75, 3.05) is 13.7 Å². The first-order chi connectivity index (χ1) is 8.76. The number of nitrogens with one attached hydrogen (secondary N) is 1. The number of methoxy groups -OCH3 is 1. The van der Waals surface area contributed by atoms with E-state index >= 15 is 0 Å². The smallest absolute Gasteiger partial charge is 0.137 e. The monoisotopic (exact) mass is 283 g/mol. The van der Waals surface area contributed by atoms with Crippen LogP contribution in [0.4, 0.5) is 0 Å². The van der Waals surface area contributed by atoms with Gasteiger partial charge in [0.15, 0.2) is 0 Å². The third-order valence-corrected chi connectivity index (χ3v) is 3.40. The van der Waals surface area contributed by atoms with Crippen molar-refractivity contribution in [2.24, 2.45) is 0 Å². The molecule has 0 aliphatic heterocycles. The van der Waals surface area contributed by atoms with E-state index in [0.717, 1.165) is 17.8 Å². The predicted molar refractivity (Wildman–Crippen MR) is 73.4 cm³/mol. The van der Waals surface area contributed by atoms with Crippen LogP contribution in [0.1, 0.15) is 24.2 Å². The molecular formula is C12H14ClN3OS. The second kappa shape index (κ2) is 6.13. The van der Waals surface area contributed by atoms with Gasteiger partial charge in [-0.15, -0.1) is 0 Å². The Bertz CT molecular complexity index is 504. The second-order valence-electron chi connectivity index (χ2n) is 3.72. The normalized spacial score (nSPS) is 12.4. The maximum Gasteiger partial charge on any atom is 0.137 e. The van der Waals surface area contributed by atoms with Gasteiger partial charge in [0.05, 0.1) is 41.8 Å². The lowest BCUT2D eigenvalue weighted by molar-refractivity contribution is 0.414. The molecule has 2 rings (SSSR count). The molecule has 0 aliphatic rings. The van der Waals surface area contributed by atoms with E-state index in [1.165, 1.54) is 11.7 Å². The Morgan fingerprint density at radius 3 is 2.94 bits per heavy atom. The fourth-order valence-corrected chi connectivity index (χ4v) is 2.40. The molecule has 1 atom stereocenters. The van der Waals surface area contributed by atoms with Crippen LogP contribution < -0.4 is 10.1 Å².